The maximum Gasteiger partial charge on any atom is 0.113 e. The van der Waals surface area contributed by atoms with Gasteiger partial charge in [0.1, 0.15) is 5.01 Å². The molecule has 0 aliphatic heterocycles. The number of para-hydroxylation sites is 1. The number of nitrogen functional groups attached to an aromatic ring is 1. The maximum absolute atomic E-state index is 6.09. The molecule has 2 heterocycles. The Morgan fingerprint density at radius 1 is 1.25 bits per heavy atom. The van der Waals surface area contributed by atoms with E-state index in [-0.39, 0.29) is 5.41 Å². The van der Waals surface area contributed by atoms with Gasteiger partial charge in [-0.15, -0.1) is 11.3 Å². The molecule has 0 aliphatic rings. The smallest absolute Gasteiger partial charge is 0.113 e. The van der Waals surface area contributed by atoms with Gasteiger partial charge < -0.3 is 10.3 Å². The van der Waals surface area contributed by atoms with Gasteiger partial charge in [0, 0.05) is 22.4 Å². The Kier molecular flexibility index (Phi) is 3.05. The third-order valence-corrected chi connectivity index (χ3v) is 4.28. The molecule has 4 heteroatoms. The summed E-state index contributed by atoms with van der Waals surface area (Å²) in [7, 11) is 0. The molecule has 0 aliphatic carbocycles. The zero-order valence-corrected chi connectivity index (χ0v) is 12.9. The van der Waals surface area contributed by atoms with Gasteiger partial charge >= 0.3 is 0 Å². The summed E-state index contributed by atoms with van der Waals surface area (Å²) in [6.45, 7) is 7.34. The fraction of sp³-hybridized carbons (Fsp3) is 0.312. The molecule has 0 saturated carbocycles. The van der Waals surface area contributed by atoms with Crippen LogP contribution in [0.3, 0.4) is 0 Å². The van der Waals surface area contributed by atoms with E-state index in [0.29, 0.717) is 0 Å². The molecule has 3 rings (SSSR count). The summed E-state index contributed by atoms with van der Waals surface area (Å²) in [4.78, 5) is 4.75. The van der Waals surface area contributed by atoms with E-state index in [9.17, 15) is 0 Å². The topological polar surface area (TPSA) is 43.8 Å². The summed E-state index contributed by atoms with van der Waals surface area (Å²) in [6.07, 6.45) is 2.08. The maximum atomic E-state index is 6.09. The highest BCUT2D eigenvalue weighted by Gasteiger charge is 2.17. The van der Waals surface area contributed by atoms with Crippen molar-refractivity contribution < 1.29 is 0 Å². The molecular weight excluding hydrogens is 266 g/mol. The molecule has 3 aromatic rings. The number of aromatic nitrogens is 2. The van der Waals surface area contributed by atoms with E-state index in [1.54, 1.807) is 11.3 Å². The van der Waals surface area contributed by atoms with E-state index in [1.165, 1.54) is 5.39 Å². The normalized spacial score (nSPS) is 12.2. The molecule has 2 N–H and O–H groups in total. The van der Waals surface area contributed by atoms with E-state index < -0.39 is 0 Å². The van der Waals surface area contributed by atoms with Gasteiger partial charge in [-0.05, 0) is 12.1 Å². The lowest BCUT2D eigenvalue weighted by Crippen LogP contribution is -2.11. The van der Waals surface area contributed by atoms with Crippen LogP contribution in [0.1, 0.15) is 31.5 Å². The second kappa shape index (κ2) is 4.63. The van der Waals surface area contributed by atoms with Crippen molar-refractivity contribution in [3.05, 3.63) is 46.5 Å². The van der Waals surface area contributed by atoms with Gasteiger partial charge in [-0.3, -0.25) is 0 Å². The van der Waals surface area contributed by atoms with Gasteiger partial charge in [-0.1, -0.05) is 32.9 Å². The second-order valence-electron chi connectivity index (χ2n) is 6.11. The summed E-state index contributed by atoms with van der Waals surface area (Å²) in [6, 6.07) is 8.12. The molecule has 3 nitrogen and oxygen atoms in total. The van der Waals surface area contributed by atoms with E-state index in [4.69, 9.17) is 10.7 Å². The minimum absolute atomic E-state index is 0.104. The minimum atomic E-state index is 0.104. The summed E-state index contributed by atoms with van der Waals surface area (Å²) < 4.78 is 2.18. The first-order valence-corrected chi connectivity index (χ1v) is 7.61. The monoisotopic (exact) mass is 285 g/mol. The minimum Gasteiger partial charge on any atom is -0.397 e. The van der Waals surface area contributed by atoms with E-state index in [0.717, 1.165) is 28.5 Å². The average molecular weight is 285 g/mol. The lowest BCUT2D eigenvalue weighted by atomic mass is 9.93. The quantitative estimate of drug-likeness (QED) is 0.723. The van der Waals surface area contributed by atoms with Crippen molar-refractivity contribution in [1.82, 2.24) is 9.55 Å². The summed E-state index contributed by atoms with van der Waals surface area (Å²) in [5.41, 5.74) is 9.27. The van der Waals surface area contributed by atoms with Crippen molar-refractivity contribution in [3.63, 3.8) is 0 Å². The lowest BCUT2D eigenvalue weighted by Gasteiger charge is -2.14. The van der Waals surface area contributed by atoms with E-state index >= 15 is 0 Å². The fourth-order valence-corrected chi connectivity index (χ4v) is 3.32. The first kappa shape index (κ1) is 13.2. The van der Waals surface area contributed by atoms with Crippen LogP contribution in [0.25, 0.3) is 10.9 Å². The van der Waals surface area contributed by atoms with Crippen LogP contribution in [-0.4, -0.2) is 9.55 Å². The zero-order valence-electron chi connectivity index (χ0n) is 12.1. The third-order valence-electron chi connectivity index (χ3n) is 3.45. The van der Waals surface area contributed by atoms with Crippen molar-refractivity contribution in [2.75, 3.05) is 5.73 Å². The van der Waals surface area contributed by atoms with Crippen LogP contribution in [-0.2, 0) is 12.0 Å². The van der Waals surface area contributed by atoms with Crippen molar-refractivity contribution >= 4 is 27.9 Å². The molecular formula is C16H19N3S. The molecule has 0 bridgehead atoms. The molecule has 104 valence electrons. The first-order valence-electron chi connectivity index (χ1n) is 6.73. The van der Waals surface area contributed by atoms with Crippen LogP contribution in [0.15, 0.2) is 35.8 Å². The average Bonchev–Trinajstić information content (AvgIpc) is 2.97. The highest BCUT2D eigenvalue weighted by atomic mass is 32.1. The highest BCUT2D eigenvalue weighted by Crippen LogP contribution is 2.26. The summed E-state index contributed by atoms with van der Waals surface area (Å²) in [5.74, 6) is 0. The molecule has 2 aromatic heterocycles. The van der Waals surface area contributed by atoms with Gasteiger partial charge in [0.05, 0.1) is 23.4 Å². The third kappa shape index (κ3) is 2.31. The molecule has 1 aromatic carbocycles. The predicted molar refractivity (Wildman–Crippen MR) is 86.3 cm³/mol. The second-order valence-corrected chi connectivity index (χ2v) is 7.05. The molecule has 0 amide bonds. The van der Waals surface area contributed by atoms with Crippen LogP contribution in [0, 0.1) is 0 Å². The molecule has 0 radical (unpaired) electrons. The number of nitrogens with zero attached hydrogens (tertiary/aromatic N) is 2. The Morgan fingerprint density at radius 3 is 2.75 bits per heavy atom. The van der Waals surface area contributed by atoms with Gasteiger partial charge in [0.25, 0.3) is 0 Å². The standard InChI is InChI=1S/C16H19N3S/c1-16(2,3)13-10-20-14(18-13)9-19-8-7-11-5-4-6-12(17)15(11)19/h4-8,10H,9,17H2,1-3H3. The Morgan fingerprint density at radius 2 is 2.05 bits per heavy atom. The van der Waals surface area contributed by atoms with Gasteiger partial charge in [-0.25, -0.2) is 4.98 Å². The number of rotatable bonds is 2. The molecule has 0 unspecified atom stereocenters. The van der Waals surface area contributed by atoms with Crippen molar-refractivity contribution in [2.45, 2.75) is 32.7 Å². The SMILES string of the molecule is CC(C)(C)c1csc(Cn2ccc3cccc(N)c32)n1. The Hall–Kier alpha value is -1.81. The number of thiazole rings is 1. The predicted octanol–water partition coefficient (Wildman–Crippen LogP) is 4.03. The van der Waals surface area contributed by atoms with Crippen LogP contribution < -0.4 is 5.73 Å². The molecule has 0 saturated heterocycles. The highest BCUT2D eigenvalue weighted by molar-refractivity contribution is 7.09. The van der Waals surface area contributed by atoms with Crippen LogP contribution in [0.2, 0.25) is 0 Å². The van der Waals surface area contributed by atoms with Crippen LogP contribution in [0.4, 0.5) is 5.69 Å². The zero-order chi connectivity index (χ0) is 14.3. The lowest BCUT2D eigenvalue weighted by molar-refractivity contribution is 0.570. The first-order chi connectivity index (χ1) is 9.45. The van der Waals surface area contributed by atoms with Gasteiger partial charge in [0.2, 0.25) is 0 Å². The van der Waals surface area contributed by atoms with Crippen LogP contribution in [0.5, 0.6) is 0 Å². The molecule has 0 atom stereocenters. The summed E-state index contributed by atoms with van der Waals surface area (Å²) >= 11 is 1.72. The van der Waals surface area contributed by atoms with Gasteiger partial charge in [0.15, 0.2) is 0 Å². The summed E-state index contributed by atoms with van der Waals surface area (Å²) in [5, 5.41) is 4.46. The molecule has 0 fully saturated rings. The Labute approximate surface area is 123 Å². The molecule has 20 heavy (non-hydrogen) atoms. The largest absolute Gasteiger partial charge is 0.397 e. The van der Waals surface area contributed by atoms with Crippen molar-refractivity contribution in [3.8, 4) is 0 Å². The number of anilines is 1. The van der Waals surface area contributed by atoms with Crippen molar-refractivity contribution in [1.29, 1.82) is 0 Å². The Bertz CT molecular complexity index is 747. The number of hydrogen-bond donors (Lipinski definition) is 1. The Balaban J connectivity index is 1.96. The number of fused-ring (bicyclic) bond motifs is 1. The number of benzene rings is 1. The van der Waals surface area contributed by atoms with E-state index in [2.05, 4.69) is 49.0 Å². The van der Waals surface area contributed by atoms with E-state index in [1.807, 2.05) is 12.1 Å². The number of nitrogens with two attached hydrogens (primary N) is 1. The van der Waals surface area contributed by atoms with Crippen molar-refractivity contribution in [2.24, 2.45) is 0 Å². The molecule has 0 spiro atoms. The fourth-order valence-electron chi connectivity index (χ4n) is 2.30. The van der Waals surface area contributed by atoms with Gasteiger partial charge in [-0.2, -0.15) is 0 Å². The van der Waals surface area contributed by atoms with Crippen LogP contribution >= 0.6 is 11.3 Å². The number of hydrogen-bond acceptors (Lipinski definition) is 3.